The SMILES string of the molecule is O=C(Cn1ccc2cc(S(=O)(=O)N3CCCCCC3)ccc21)NCCc1c[nH]c2ccccc12. The van der Waals surface area contributed by atoms with E-state index in [1.807, 2.05) is 41.2 Å². The van der Waals surface area contributed by atoms with Gasteiger partial charge in [0.2, 0.25) is 15.9 Å². The van der Waals surface area contributed by atoms with Gasteiger partial charge in [-0.15, -0.1) is 0 Å². The van der Waals surface area contributed by atoms with Crippen LogP contribution in [0.2, 0.25) is 0 Å². The van der Waals surface area contributed by atoms with E-state index in [4.69, 9.17) is 0 Å². The second-order valence-electron chi connectivity index (χ2n) is 8.94. The number of aromatic amines is 1. The van der Waals surface area contributed by atoms with Crippen LogP contribution in [0, 0.1) is 0 Å². The summed E-state index contributed by atoms with van der Waals surface area (Å²) in [6.45, 7) is 1.91. The Balaban J connectivity index is 1.23. The fourth-order valence-electron chi connectivity index (χ4n) is 4.79. The molecule has 0 aliphatic carbocycles. The van der Waals surface area contributed by atoms with E-state index < -0.39 is 10.0 Å². The Kier molecular flexibility index (Phi) is 6.43. The zero-order valence-corrected chi connectivity index (χ0v) is 20.0. The normalized spacial score (nSPS) is 15.5. The molecule has 0 saturated carbocycles. The summed E-state index contributed by atoms with van der Waals surface area (Å²) in [5.74, 6) is -0.0707. The first-order chi connectivity index (χ1) is 16.5. The topological polar surface area (TPSA) is 87.2 Å². The number of nitrogens with zero attached hydrogens (tertiary/aromatic N) is 2. The van der Waals surface area contributed by atoms with Crippen molar-refractivity contribution >= 4 is 37.7 Å². The Morgan fingerprint density at radius 2 is 1.79 bits per heavy atom. The standard InChI is InChI=1S/C26H30N4O3S/c31-26(27-13-11-21-18-28-24-8-4-3-7-23(21)24)19-29-16-12-20-17-22(9-10-25(20)29)34(32,33)30-14-5-1-2-6-15-30/h3-4,7-10,12,16-18,28H,1-2,5-6,11,13-15,19H2,(H,27,31). The molecule has 8 heteroatoms. The van der Waals surface area contributed by atoms with Gasteiger partial charge in [0.05, 0.1) is 4.90 Å². The molecular weight excluding hydrogens is 448 g/mol. The lowest BCUT2D eigenvalue weighted by molar-refractivity contribution is -0.121. The van der Waals surface area contributed by atoms with E-state index in [-0.39, 0.29) is 12.5 Å². The van der Waals surface area contributed by atoms with Gasteiger partial charge in [-0.2, -0.15) is 4.31 Å². The zero-order valence-electron chi connectivity index (χ0n) is 19.2. The van der Waals surface area contributed by atoms with E-state index in [0.29, 0.717) is 24.5 Å². The smallest absolute Gasteiger partial charge is 0.243 e. The lowest BCUT2D eigenvalue weighted by Gasteiger charge is -2.20. The number of hydrogen-bond donors (Lipinski definition) is 2. The fourth-order valence-corrected chi connectivity index (χ4v) is 6.35. The van der Waals surface area contributed by atoms with Gasteiger partial charge < -0.3 is 14.9 Å². The average molecular weight is 479 g/mol. The van der Waals surface area contributed by atoms with Crippen molar-refractivity contribution in [3.05, 3.63) is 66.5 Å². The van der Waals surface area contributed by atoms with Gasteiger partial charge in [0, 0.05) is 53.8 Å². The summed E-state index contributed by atoms with van der Waals surface area (Å²) in [7, 11) is -3.50. The minimum absolute atomic E-state index is 0.0707. The van der Waals surface area contributed by atoms with E-state index >= 15 is 0 Å². The number of H-pyrrole nitrogens is 1. The van der Waals surface area contributed by atoms with Gasteiger partial charge in [-0.3, -0.25) is 4.79 Å². The molecule has 0 bridgehead atoms. The minimum Gasteiger partial charge on any atom is -0.361 e. The van der Waals surface area contributed by atoms with Gasteiger partial charge in [0.1, 0.15) is 6.54 Å². The third-order valence-electron chi connectivity index (χ3n) is 6.65. The molecule has 3 heterocycles. The number of nitrogens with one attached hydrogen (secondary N) is 2. The Bertz CT molecular complexity index is 1410. The van der Waals surface area contributed by atoms with Crippen molar-refractivity contribution in [3.63, 3.8) is 0 Å². The summed E-state index contributed by atoms with van der Waals surface area (Å²) >= 11 is 0. The molecule has 178 valence electrons. The molecule has 1 aliphatic rings. The number of fused-ring (bicyclic) bond motifs is 2. The predicted molar refractivity (Wildman–Crippen MR) is 134 cm³/mol. The molecule has 34 heavy (non-hydrogen) atoms. The van der Waals surface area contributed by atoms with Crippen molar-refractivity contribution in [3.8, 4) is 0 Å². The van der Waals surface area contributed by atoms with Gasteiger partial charge in [-0.05, 0) is 55.2 Å². The fraction of sp³-hybridized carbons (Fsp3) is 0.346. The summed E-state index contributed by atoms with van der Waals surface area (Å²) in [6, 6.07) is 15.2. The van der Waals surface area contributed by atoms with Crippen LogP contribution < -0.4 is 5.32 Å². The van der Waals surface area contributed by atoms with Gasteiger partial charge in [0.15, 0.2) is 0 Å². The van der Waals surface area contributed by atoms with Crippen LogP contribution in [0.15, 0.2) is 65.8 Å². The molecule has 4 aromatic rings. The van der Waals surface area contributed by atoms with Crippen LogP contribution in [-0.2, 0) is 27.8 Å². The highest BCUT2D eigenvalue weighted by atomic mass is 32.2. The third-order valence-corrected chi connectivity index (χ3v) is 8.55. The number of aromatic nitrogens is 2. The zero-order chi connectivity index (χ0) is 23.5. The summed E-state index contributed by atoms with van der Waals surface area (Å²) in [5.41, 5.74) is 3.13. The van der Waals surface area contributed by atoms with E-state index in [2.05, 4.69) is 16.4 Å². The molecule has 1 saturated heterocycles. The molecule has 0 radical (unpaired) electrons. The lowest BCUT2D eigenvalue weighted by Crippen LogP contribution is -2.31. The number of sulfonamides is 1. The van der Waals surface area contributed by atoms with Gasteiger partial charge >= 0.3 is 0 Å². The van der Waals surface area contributed by atoms with Crippen molar-refractivity contribution in [2.45, 2.75) is 43.5 Å². The van der Waals surface area contributed by atoms with Crippen LogP contribution in [0.25, 0.3) is 21.8 Å². The van der Waals surface area contributed by atoms with E-state index in [9.17, 15) is 13.2 Å². The maximum absolute atomic E-state index is 13.1. The van der Waals surface area contributed by atoms with Gasteiger partial charge in [0.25, 0.3) is 0 Å². The molecule has 2 N–H and O–H groups in total. The highest BCUT2D eigenvalue weighted by Gasteiger charge is 2.25. The second-order valence-corrected chi connectivity index (χ2v) is 10.9. The molecular formula is C26H30N4O3S. The summed E-state index contributed by atoms with van der Waals surface area (Å²) in [4.78, 5) is 16.2. The Labute approximate surface area is 199 Å². The predicted octanol–water partition coefficient (Wildman–Crippen LogP) is 4.05. The number of benzene rings is 2. The molecule has 7 nitrogen and oxygen atoms in total. The average Bonchev–Trinajstić information content (AvgIpc) is 3.31. The molecule has 5 rings (SSSR count). The number of carbonyl (C=O) groups is 1. The van der Waals surface area contributed by atoms with Gasteiger partial charge in [-0.1, -0.05) is 31.0 Å². The number of amides is 1. The second kappa shape index (κ2) is 9.64. The molecule has 0 spiro atoms. The largest absolute Gasteiger partial charge is 0.361 e. The van der Waals surface area contributed by atoms with Crippen LogP contribution in [0.4, 0.5) is 0 Å². The van der Waals surface area contributed by atoms with Crippen molar-refractivity contribution in [1.29, 1.82) is 0 Å². The number of carbonyl (C=O) groups excluding carboxylic acids is 1. The summed E-state index contributed by atoms with van der Waals surface area (Å²) in [5, 5.41) is 5.00. The molecule has 2 aromatic carbocycles. The first-order valence-electron chi connectivity index (χ1n) is 11.9. The highest BCUT2D eigenvalue weighted by molar-refractivity contribution is 7.89. The summed E-state index contributed by atoms with van der Waals surface area (Å²) in [6.07, 6.45) is 8.57. The van der Waals surface area contributed by atoms with Crippen molar-refractivity contribution in [2.24, 2.45) is 0 Å². The van der Waals surface area contributed by atoms with Crippen molar-refractivity contribution < 1.29 is 13.2 Å². The number of hydrogen-bond acceptors (Lipinski definition) is 3. The van der Waals surface area contributed by atoms with Crippen LogP contribution in [0.3, 0.4) is 0 Å². The Morgan fingerprint density at radius 1 is 1.00 bits per heavy atom. The highest BCUT2D eigenvalue weighted by Crippen LogP contribution is 2.25. The van der Waals surface area contributed by atoms with Crippen LogP contribution in [0.5, 0.6) is 0 Å². The van der Waals surface area contributed by atoms with Crippen LogP contribution in [-0.4, -0.2) is 47.8 Å². The molecule has 1 aliphatic heterocycles. The maximum atomic E-state index is 13.1. The quantitative estimate of drug-likeness (QED) is 0.420. The van der Waals surface area contributed by atoms with Crippen molar-refractivity contribution in [2.75, 3.05) is 19.6 Å². The van der Waals surface area contributed by atoms with Crippen LogP contribution in [0.1, 0.15) is 31.2 Å². The number of rotatable bonds is 7. The van der Waals surface area contributed by atoms with E-state index in [0.717, 1.165) is 48.5 Å². The van der Waals surface area contributed by atoms with Crippen molar-refractivity contribution in [1.82, 2.24) is 19.2 Å². The molecule has 1 amide bonds. The molecule has 1 fully saturated rings. The third kappa shape index (κ3) is 4.60. The summed E-state index contributed by atoms with van der Waals surface area (Å²) < 4.78 is 29.7. The first kappa shape index (κ1) is 22.7. The monoisotopic (exact) mass is 478 g/mol. The molecule has 0 atom stereocenters. The number of para-hydroxylation sites is 1. The molecule has 0 unspecified atom stereocenters. The van der Waals surface area contributed by atoms with E-state index in [1.165, 1.54) is 10.9 Å². The molecule has 2 aromatic heterocycles. The van der Waals surface area contributed by atoms with E-state index in [1.54, 1.807) is 22.5 Å². The Morgan fingerprint density at radius 3 is 2.62 bits per heavy atom. The van der Waals surface area contributed by atoms with Crippen LogP contribution >= 0.6 is 0 Å². The first-order valence-corrected chi connectivity index (χ1v) is 13.4. The van der Waals surface area contributed by atoms with Gasteiger partial charge in [-0.25, -0.2) is 8.42 Å². The maximum Gasteiger partial charge on any atom is 0.243 e. The minimum atomic E-state index is -3.50. The Hall–Kier alpha value is -3.10. The lowest BCUT2D eigenvalue weighted by atomic mass is 10.1.